The molecule has 1 aromatic carbocycles. The first-order valence-electron chi connectivity index (χ1n) is 4.88. The lowest BCUT2D eigenvalue weighted by Gasteiger charge is -2.17. The van der Waals surface area contributed by atoms with E-state index in [-0.39, 0.29) is 6.04 Å². The fourth-order valence-corrected chi connectivity index (χ4v) is 3.52. The number of halogens is 2. The van der Waals surface area contributed by atoms with Crippen LogP contribution < -0.4 is 5.32 Å². The van der Waals surface area contributed by atoms with Crippen LogP contribution in [0.5, 0.6) is 0 Å². The third kappa shape index (κ3) is 2.67. The molecule has 0 aliphatic rings. The van der Waals surface area contributed by atoms with E-state index in [4.69, 9.17) is 0 Å². The van der Waals surface area contributed by atoms with Crippen molar-refractivity contribution in [2.24, 2.45) is 0 Å². The van der Waals surface area contributed by atoms with Gasteiger partial charge in [0, 0.05) is 12.9 Å². The average molecular weight is 408 g/mol. The van der Waals surface area contributed by atoms with Crippen molar-refractivity contribution in [2.75, 3.05) is 7.05 Å². The van der Waals surface area contributed by atoms with Gasteiger partial charge >= 0.3 is 0 Å². The van der Waals surface area contributed by atoms with Crippen LogP contribution in [-0.4, -0.2) is 7.05 Å². The predicted molar refractivity (Wildman–Crippen MR) is 82.1 cm³/mol. The van der Waals surface area contributed by atoms with Crippen LogP contribution in [0.3, 0.4) is 0 Å². The zero-order valence-corrected chi connectivity index (χ0v) is 13.3. The maximum absolute atomic E-state index is 3.53. The van der Waals surface area contributed by atoms with Crippen molar-refractivity contribution in [1.82, 2.24) is 5.32 Å². The van der Waals surface area contributed by atoms with Crippen LogP contribution in [0.1, 0.15) is 16.5 Å². The van der Waals surface area contributed by atoms with Gasteiger partial charge in [-0.2, -0.15) is 0 Å². The van der Waals surface area contributed by atoms with Crippen molar-refractivity contribution in [3.63, 3.8) is 0 Å². The maximum Gasteiger partial charge on any atom is 0.0679 e. The van der Waals surface area contributed by atoms with Crippen molar-refractivity contribution in [1.29, 1.82) is 0 Å². The van der Waals surface area contributed by atoms with Crippen LogP contribution >= 0.6 is 49.9 Å². The van der Waals surface area contributed by atoms with Crippen molar-refractivity contribution in [2.45, 2.75) is 6.04 Å². The maximum atomic E-state index is 3.53. The number of benzene rings is 1. The minimum absolute atomic E-state index is 0.282. The second-order valence-electron chi connectivity index (χ2n) is 3.40. The molecule has 1 heterocycles. The molecule has 84 valence electrons. The highest BCUT2D eigenvalue weighted by Gasteiger charge is 2.15. The van der Waals surface area contributed by atoms with Crippen molar-refractivity contribution < 1.29 is 0 Å². The molecule has 0 aliphatic carbocycles. The largest absolute Gasteiger partial charge is 0.309 e. The summed E-state index contributed by atoms with van der Waals surface area (Å²) in [5.41, 5.74) is 1.32. The minimum atomic E-state index is 0.282. The molecule has 4 heteroatoms. The Kier molecular flexibility index (Phi) is 4.41. The first-order chi connectivity index (χ1) is 7.72. The Labute approximate surface area is 122 Å². The second-order valence-corrected chi connectivity index (χ2v) is 6.46. The molecule has 16 heavy (non-hydrogen) atoms. The van der Waals surface area contributed by atoms with Crippen LogP contribution in [0, 0.1) is 3.57 Å². The molecular weight excluding hydrogens is 397 g/mol. The van der Waals surface area contributed by atoms with Gasteiger partial charge in [0.2, 0.25) is 0 Å². The number of thiophene rings is 1. The summed E-state index contributed by atoms with van der Waals surface area (Å²) in [6.07, 6.45) is 0. The van der Waals surface area contributed by atoms with E-state index in [1.165, 1.54) is 14.0 Å². The number of hydrogen-bond acceptors (Lipinski definition) is 2. The summed E-state index contributed by atoms with van der Waals surface area (Å²) in [5.74, 6) is 0. The summed E-state index contributed by atoms with van der Waals surface area (Å²) in [6.45, 7) is 0. The number of hydrogen-bond donors (Lipinski definition) is 1. The summed E-state index contributed by atoms with van der Waals surface area (Å²) < 4.78 is 2.41. The molecule has 2 rings (SSSR count). The van der Waals surface area contributed by atoms with Crippen LogP contribution in [0.4, 0.5) is 0 Å². The highest BCUT2D eigenvalue weighted by molar-refractivity contribution is 14.1. The van der Waals surface area contributed by atoms with E-state index >= 15 is 0 Å². The molecule has 1 aromatic heterocycles. The van der Waals surface area contributed by atoms with Crippen molar-refractivity contribution >= 4 is 49.9 Å². The minimum Gasteiger partial charge on any atom is -0.309 e. The Morgan fingerprint density at radius 2 is 2.19 bits per heavy atom. The van der Waals surface area contributed by atoms with Crippen LogP contribution in [-0.2, 0) is 0 Å². The van der Waals surface area contributed by atoms with E-state index in [0.29, 0.717) is 0 Å². The Morgan fingerprint density at radius 1 is 1.38 bits per heavy atom. The second kappa shape index (κ2) is 5.62. The molecule has 2 aromatic rings. The molecule has 0 amide bonds. The smallest absolute Gasteiger partial charge is 0.0679 e. The van der Waals surface area contributed by atoms with Gasteiger partial charge in [0.05, 0.1) is 6.04 Å². The molecule has 0 bridgehead atoms. The van der Waals surface area contributed by atoms with Gasteiger partial charge in [-0.05, 0) is 64.8 Å². The fraction of sp³-hybridized carbons (Fsp3) is 0.167. The molecular formula is C12H11BrINS. The lowest BCUT2D eigenvalue weighted by atomic mass is 10.1. The standard InChI is InChI=1S/C12H11BrINS/c1-15-12(11-3-2-6-16-11)9-7-8(13)4-5-10(9)14/h2-7,12,15H,1H3. The van der Waals surface area contributed by atoms with E-state index in [2.05, 4.69) is 79.5 Å². The van der Waals surface area contributed by atoms with Gasteiger partial charge in [0.1, 0.15) is 0 Å². The molecule has 1 N–H and O–H groups in total. The Bertz CT molecular complexity index is 470. The molecule has 0 spiro atoms. The van der Waals surface area contributed by atoms with E-state index in [1.54, 1.807) is 11.3 Å². The zero-order chi connectivity index (χ0) is 11.5. The lowest BCUT2D eigenvalue weighted by molar-refractivity contribution is 0.700. The molecule has 0 saturated carbocycles. The van der Waals surface area contributed by atoms with Gasteiger partial charge in [-0.1, -0.05) is 22.0 Å². The van der Waals surface area contributed by atoms with E-state index in [1.807, 2.05) is 7.05 Å². The van der Waals surface area contributed by atoms with E-state index < -0.39 is 0 Å². The lowest BCUT2D eigenvalue weighted by Crippen LogP contribution is -2.17. The SMILES string of the molecule is CNC(c1cccs1)c1cc(Br)ccc1I. The van der Waals surface area contributed by atoms with E-state index in [0.717, 1.165) is 4.47 Å². The Balaban J connectivity index is 2.44. The van der Waals surface area contributed by atoms with Crippen molar-refractivity contribution in [3.8, 4) is 0 Å². The number of nitrogens with one attached hydrogen (secondary N) is 1. The van der Waals surface area contributed by atoms with Gasteiger partial charge in [-0.15, -0.1) is 11.3 Å². The molecule has 0 aliphatic heterocycles. The summed E-state index contributed by atoms with van der Waals surface area (Å²) in [4.78, 5) is 1.35. The summed E-state index contributed by atoms with van der Waals surface area (Å²) in [5, 5.41) is 5.49. The van der Waals surface area contributed by atoms with Gasteiger partial charge in [-0.25, -0.2) is 0 Å². The molecule has 1 nitrogen and oxygen atoms in total. The quantitative estimate of drug-likeness (QED) is 0.742. The highest BCUT2D eigenvalue weighted by Crippen LogP contribution is 2.30. The predicted octanol–water partition coefficient (Wildman–Crippen LogP) is 4.42. The number of rotatable bonds is 3. The summed E-state index contributed by atoms with van der Waals surface area (Å²) >= 11 is 7.70. The summed E-state index contributed by atoms with van der Waals surface area (Å²) in [6, 6.07) is 10.9. The summed E-state index contributed by atoms with van der Waals surface area (Å²) in [7, 11) is 2.00. The Hall–Kier alpha value is 0.0900. The van der Waals surface area contributed by atoms with E-state index in [9.17, 15) is 0 Å². The molecule has 0 saturated heterocycles. The first-order valence-corrected chi connectivity index (χ1v) is 7.63. The van der Waals surface area contributed by atoms with Gasteiger partial charge in [-0.3, -0.25) is 0 Å². The highest BCUT2D eigenvalue weighted by atomic mass is 127. The zero-order valence-electron chi connectivity index (χ0n) is 8.71. The fourth-order valence-electron chi connectivity index (χ4n) is 1.64. The molecule has 1 atom stereocenters. The van der Waals surface area contributed by atoms with Crippen LogP contribution in [0.2, 0.25) is 0 Å². The molecule has 1 unspecified atom stereocenters. The monoisotopic (exact) mass is 407 g/mol. The van der Waals surface area contributed by atoms with Crippen LogP contribution in [0.25, 0.3) is 0 Å². The third-order valence-electron chi connectivity index (χ3n) is 2.39. The first kappa shape index (κ1) is 12.5. The van der Waals surface area contributed by atoms with Gasteiger partial charge in [0.15, 0.2) is 0 Å². The van der Waals surface area contributed by atoms with Crippen molar-refractivity contribution in [3.05, 3.63) is 54.2 Å². The normalized spacial score (nSPS) is 12.7. The molecule has 0 fully saturated rings. The Morgan fingerprint density at radius 3 is 2.81 bits per heavy atom. The molecule has 0 radical (unpaired) electrons. The van der Waals surface area contributed by atoms with Gasteiger partial charge < -0.3 is 5.32 Å². The topological polar surface area (TPSA) is 12.0 Å². The average Bonchev–Trinajstić information content (AvgIpc) is 2.78. The third-order valence-corrected chi connectivity index (χ3v) is 4.80. The van der Waals surface area contributed by atoms with Gasteiger partial charge in [0.25, 0.3) is 0 Å². The van der Waals surface area contributed by atoms with Crippen LogP contribution in [0.15, 0.2) is 40.2 Å².